The molecule has 0 radical (unpaired) electrons. The van der Waals surface area contributed by atoms with Crippen LogP contribution in [0.4, 0.5) is 11.4 Å². The van der Waals surface area contributed by atoms with Crippen LogP contribution in [-0.2, 0) is 9.53 Å². The van der Waals surface area contributed by atoms with Crippen LogP contribution in [0.3, 0.4) is 0 Å². The minimum atomic E-state index is -1.13. The Labute approximate surface area is 153 Å². The molecule has 2 aromatic rings. The minimum Gasteiger partial charge on any atom is -0.494 e. The molecule has 0 unspecified atom stereocenters. The molecule has 0 fully saturated rings. The smallest absolute Gasteiger partial charge is 0.340 e. The second-order valence-corrected chi connectivity index (χ2v) is 5.44. The number of nitro groups is 1. The Balaban J connectivity index is 2.05. The van der Waals surface area contributed by atoms with Gasteiger partial charge in [-0.3, -0.25) is 14.9 Å². The topological polar surface area (TPSA) is 121 Å². The monoisotopic (exact) mass is 379 g/mol. The highest BCUT2D eigenvalue weighted by Crippen LogP contribution is 2.29. The number of carbonyl (C=O) groups is 2. The van der Waals surface area contributed by atoms with Crippen LogP contribution >= 0.6 is 11.6 Å². The highest BCUT2D eigenvalue weighted by atomic mass is 35.5. The van der Waals surface area contributed by atoms with E-state index in [2.05, 4.69) is 10.3 Å². The molecule has 1 heterocycles. The lowest BCUT2D eigenvalue weighted by Crippen LogP contribution is -2.30. The number of nitrogens with zero attached hydrogens (tertiary/aromatic N) is 2. The van der Waals surface area contributed by atoms with Crippen LogP contribution in [0, 0.1) is 10.1 Å². The van der Waals surface area contributed by atoms with Gasteiger partial charge in [-0.15, -0.1) is 0 Å². The van der Waals surface area contributed by atoms with E-state index in [9.17, 15) is 19.7 Å². The van der Waals surface area contributed by atoms with E-state index in [1.54, 1.807) is 0 Å². The summed E-state index contributed by atoms with van der Waals surface area (Å²) >= 11 is 5.64. The Morgan fingerprint density at radius 1 is 1.31 bits per heavy atom. The van der Waals surface area contributed by atoms with Crippen LogP contribution in [0.2, 0.25) is 5.15 Å². The Hall–Kier alpha value is -3.20. The van der Waals surface area contributed by atoms with E-state index in [0.29, 0.717) is 0 Å². The number of nitrogens with one attached hydrogen (secondary N) is 1. The fourth-order valence-corrected chi connectivity index (χ4v) is 2.02. The van der Waals surface area contributed by atoms with Crippen molar-refractivity contribution in [3.8, 4) is 5.75 Å². The molecule has 10 heteroatoms. The summed E-state index contributed by atoms with van der Waals surface area (Å²) < 4.78 is 10.1. The molecule has 1 atom stereocenters. The summed E-state index contributed by atoms with van der Waals surface area (Å²) in [4.78, 5) is 38.1. The number of halogens is 1. The van der Waals surface area contributed by atoms with Crippen LogP contribution in [0.1, 0.15) is 17.3 Å². The van der Waals surface area contributed by atoms with Crippen LogP contribution < -0.4 is 10.1 Å². The molecule has 1 amide bonds. The highest BCUT2D eigenvalue weighted by molar-refractivity contribution is 6.29. The van der Waals surface area contributed by atoms with E-state index in [4.69, 9.17) is 21.1 Å². The number of hydrogen-bond acceptors (Lipinski definition) is 7. The van der Waals surface area contributed by atoms with Crippen molar-refractivity contribution in [3.63, 3.8) is 0 Å². The van der Waals surface area contributed by atoms with Gasteiger partial charge in [0.1, 0.15) is 10.9 Å². The third-order valence-corrected chi connectivity index (χ3v) is 3.49. The average molecular weight is 380 g/mol. The number of hydrogen-bond donors (Lipinski definition) is 1. The zero-order valence-corrected chi connectivity index (χ0v) is 14.5. The lowest BCUT2D eigenvalue weighted by molar-refractivity contribution is -0.384. The Morgan fingerprint density at radius 3 is 2.62 bits per heavy atom. The van der Waals surface area contributed by atoms with E-state index in [1.165, 1.54) is 50.6 Å². The normalized spacial score (nSPS) is 11.3. The average Bonchev–Trinajstić information content (AvgIpc) is 2.62. The number of aromatic nitrogens is 1. The number of anilines is 1. The fourth-order valence-electron chi connectivity index (χ4n) is 1.91. The molecule has 0 aliphatic heterocycles. The van der Waals surface area contributed by atoms with E-state index in [-0.39, 0.29) is 27.8 Å². The SMILES string of the molecule is COc1cc([N+](=O)[O-])ccc1NC(=O)[C@H](C)OC(=O)c1ccc(Cl)nc1. The van der Waals surface area contributed by atoms with Gasteiger partial charge in [0.05, 0.1) is 29.4 Å². The van der Waals surface area contributed by atoms with Crippen LogP contribution in [0.5, 0.6) is 5.75 Å². The number of ether oxygens (including phenoxy) is 2. The summed E-state index contributed by atoms with van der Waals surface area (Å²) in [5, 5.41) is 13.5. The van der Waals surface area contributed by atoms with Gasteiger partial charge in [-0.2, -0.15) is 0 Å². The maximum atomic E-state index is 12.2. The van der Waals surface area contributed by atoms with Gasteiger partial charge in [-0.25, -0.2) is 9.78 Å². The number of methoxy groups -OCH3 is 1. The molecule has 0 saturated carbocycles. The molecule has 0 aliphatic carbocycles. The van der Waals surface area contributed by atoms with Crippen LogP contribution in [0.25, 0.3) is 0 Å². The van der Waals surface area contributed by atoms with Gasteiger partial charge < -0.3 is 14.8 Å². The molecule has 0 aliphatic rings. The maximum Gasteiger partial charge on any atom is 0.340 e. The lowest BCUT2D eigenvalue weighted by Gasteiger charge is -2.15. The van der Waals surface area contributed by atoms with Crippen molar-refractivity contribution in [3.05, 3.63) is 57.4 Å². The molecular weight excluding hydrogens is 366 g/mol. The number of carbonyl (C=O) groups excluding carboxylic acids is 2. The van der Waals surface area contributed by atoms with Crippen molar-refractivity contribution in [1.29, 1.82) is 0 Å². The predicted molar refractivity (Wildman–Crippen MR) is 92.4 cm³/mol. The fraction of sp³-hybridized carbons (Fsp3) is 0.188. The van der Waals surface area contributed by atoms with Crippen LogP contribution in [-0.4, -0.2) is 35.0 Å². The third-order valence-electron chi connectivity index (χ3n) is 3.27. The van der Waals surface area contributed by atoms with Gasteiger partial charge >= 0.3 is 5.97 Å². The van der Waals surface area contributed by atoms with Crippen molar-refractivity contribution in [2.75, 3.05) is 12.4 Å². The van der Waals surface area contributed by atoms with E-state index >= 15 is 0 Å². The summed E-state index contributed by atoms with van der Waals surface area (Å²) in [5.41, 5.74) is 0.163. The second kappa shape index (κ2) is 8.26. The van der Waals surface area contributed by atoms with E-state index < -0.39 is 22.9 Å². The molecule has 136 valence electrons. The Kier molecular flexibility index (Phi) is 6.07. The first kappa shape index (κ1) is 19.1. The van der Waals surface area contributed by atoms with Crippen molar-refractivity contribution in [2.24, 2.45) is 0 Å². The quantitative estimate of drug-likeness (QED) is 0.354. The van der Waals surface area contributed by atoms with Gasteiger partial charge in [0.2, 0.25) is 0 Å². The van der Waals surface area contributed by atoms with Gasteiger partial charge in [0.15, 0.2) is 6.10 Å². The summed E-state index contributed by atoms with van der Waals surface area (Å²) in [6, 6.07) is 6.55. The summed E-state index contributed by atoms with van der Waals surface area (Å²) in [7, 11) is 1.31. The lowest BCUT2D eigenvalue weighted by atomic mass is 10.2. The number of benzene rings is 1. The Bertz CT molecular complexity index is 840. The number of nitro benzene ring substituents is 1. The van der Waals surface area contributed by atoms with E-state index in [1.807, 2.05) is 0 Å². The van der Waals surface area contributed by atoms with Gasteiger partial charge in [-0.1, -0.05) is 11.6 Å². The van der Waals surface area contributed by atoms with Gasteiger partial charge in [-0.05, 0) is 25.1 Å². The van der Waals surface area contributed by atoms with E-state index in [0.717, 1.165) is 0 Å². The van der Waals surface area contributed by atoms with Crippen molar-refractivity contribution in [2.45, 2.75) is 13.0 Å². The molecular formula is C16H14ClN3O6. The molecule has 26 heavy (non-hydrogen) atoms. The Morgan fingerprint density at radius 2 is 2.04 bits per heavy atom. The van der Waals surface area contributed by atoms with Crippen molar-refractivity contribution < 1.29 is 24.0 Å². The number of rotatable bonds is 6. The van der Waals surface area contributed by atoms with Gasteiger partial charge in [0.25, 0.3) is 11.6 Å². The number of non-ortho nitro benzene ring substituents is 1. The predicted octanol–water partition coefficient (Wildman–Crippen LogP) is 2.84. The molecule has 9 nitrogen and oxygen atoms in total. The van der Waals surface area contributed by atoms with Crippen molar-refractivity contribution in [1.82, 2.24) is 4.98 Å². The highest BCUT2D eigenvalue weighted by Gasteiger charge is 2.21. The molecule has 1 aromatic carbocycles. The molecule has 1 N–H and O–H groups in total. The first-order valence-corrected chi connectivity index (χ1v) is 7.65. The molecule has 0 saturated heterocycles. The summed E-state index contributed by atoms with van der Waals surface area (Å²) in [5.74, 6) is -1.27. The maximum absolute atomic E-state index is 12.2. The molecule has 1 aromatic heterocycles. The first-order chi connectivity index (χ1) is 12.3. The standard InChI is InChI=1S/C16H14ClN3O6/c1-9(26-16(22)10-3-6-14(17)18-8-10)15(21)19-12-5-4-11(20(23)24)7-13(12)25-2/h3-9H,1-2H3,(H,19,21)/t9-/m0/s1. The first-order valence-electron chi connectivity index (χ1n) is 7.27. The largest absolute Gasteiger partial charge is 0.494 e. The van der Waals surface area contributed by atoms with Gasteiger partial charge in [0, 0.05) is 12.3 Å². The zero-order chi connectivity index (χ0) is 19.3. The minimum absolute atomic E-state index is 0.105. The number of pyridine rings is 1. The van der Waals surface area contributed by atoms with Crippen molar-refractivity contribution >= 4 is 34.9 Å². The number of amides is 1. The number of esters is 1. The summed E-state index contributed by atoms with van der Waals surface area (Å²) in [6.45, 7) is 1.38. The molecule has 2 rings (SSSR count). The second-order valence-electron chi connectivity index (χ2n) is 5.05. The summed E-state index contributed by atoms with van der Waals surface area (Å²) in [6.07, 6.45) is 0.104. The molecule has 0 spiro atoms. The zero-order valence-electron chi connectivity index (χ0n) is 13.8. The third kappa shape index (κ3) is 4.67. The van der Waals surface area contributed by atoms with Crippen LogP contribution in [0.15, 0.2) is 36.5 Å². The molecule has 0 bridgehead atoms.